The first-order valence-corrected chi connectivity index (χ1v) is 11.0. The third kappa shape index (κ3) is 5.30. The van der Waals surface area contributed by atoms with Crippen molar-refractivity contribution in [3.05, 3.63) is 47.8 Å². The second kappa shape index (κ2) is 9.05. The first kappa shape index (κ1) is 23.1. The number of carbonyl (C=O) groups excluding carboxylic acids is 1. The number of nitrogens with zero attached hydrogens (tertiary/aromatic N) is 3. The van der Waals surface area contributed by atoms with Crippen molar-refractivity contribution in [1.82, 2.24) is 14.8 Å². The first-order valence-electron chi connectivity index (χ1n) is 11.0. The summed E-state index contributed by atoms with van der Waals surface area (Å²) in [6.07, 6.45) is 0.861. The summed E-state index contributed by atoms with van der Waals surface area (Å²) in [5.41, 5.74) is 0.439. The van der Waals surface area contributed by atoms with Crippen LogP contribution in [-0.4, -0.2) is 39.0 Å². The first-order chi connectivity index (χ1) is 15.6. The van der Waals surface area contributed by atoms with E-state index in [0.29, 0.717) is 17.9 Å². The van der Waals surface area contributed by atoms with Crippen LogP contribution in [0.25, 0.3) is 10.9 Å². The molecule has 1 aliphatic rings. The van der Waals surface area contributed by atoms with Crippen molar-refractivity contribution in [3.8, 4) is 5.75 Å². The number of hydrogen-bond acceptors (Lipinski definition) is 5. The van der Waals surface area contributed by atoms with Crippen LogP contribution in [0.4, 0.5) is 14.6 Å². The van der Waals surface area contributed by atoms with E-state index in [1.807, 2.05) is 24.7 Å². The number of hydrogen-bond donors (Lipinski definition) is 1. The highest BCUT2D eigenvalue weighted by molar-refractivity contribution is 6.08. The summed E-state index contributed by atoms with van der Waals surface area (Å²) in [5, 5.41) is 8.07. The van der Waals surface area contributed by atoms with E-state index in [4.69, 9.17) is 14.6 Å². The molecule has 0 saturated carbocycles. The van der Waals surface area contributed by atoms with Gasteiger partial charge in [0.25, 0.3) is 12.3 Å². The van der Waals surface area contributed by atoms with Gasteiger partial charge in [-0.25, -0.2) is 13.8 Å². The maximum atomic E-state index is 13.1. The van der Waals surface area contributed by atoms with Crippen molar-refractivity contribution >= 4 is 22.6 Å². The SMILES string of the molecule is CC(C)Oc1cc2nn(C3CCC(C)(C)OC3)cc2cc1C(=O)Nc1cccc(C(F)F)n1. The molecule has 1 fully saturated rings. The molecule has 1 N–H and O–H groups in total. The minimum Gasteiger partial charge on any atom is -0.490 e. The molecule has 1 saturated heterocycles. The Labute approximate surface area is 191 Å². The fourth-order valence-electron chi connectivity index (χ4n) is 3.81. The lowest BCUT2D eigenvalue weighted by Crippen LogP contribution is -2.34. The molecule has 3 aromatic rings. The minimum absolute atomic E-state index is 0.0473. The Balaban J connectivity index is 1.64. The predicted molar refractivity (Wildman–Crippen MR) is 121 cm³/mol. The number of nitrogens with one attached hydrogen (secondary N) is 1. The van der Waals surface area contributed by atoms with Crippen molar-refractivity contribution in [2.24, 2.45) is 0 Å². The van der Waals surface area contributed by atoms with Gasteiger partial charge in [-0.3, -0.25) is 9.48 Å². The molecule has 9 heteroatoms. The Kier molecular flexibility index (Phi) is 6.34. The second-order valence-corrected chi connectivity index (χ2v) is 9.15. The van der Waals surface area contributed by atoms with Crippen molar-refractivity contribution in [2.45, 2.75) is 64.7 Å². The van der Waals surface area contributed by atoms with Gasteiger partial charge in [-0.15, -0.1) is 0 Å². The van der Waals surface area contributed by atoms with Gasteiger partial charge in [-0.1, -0.05) is 6.07 Å². The number of fused-ring (bicyclic) bond motifs is 1. The van der Waals surface area contributed by atoms with E-state index in [1.165, 1.54) is 18.2 Å². The molecule has 2 aromatic heterocycles. The van der Waals surface area contributed by atoms with Crippen LogP contribution in [0.1, 0.15) is 69.1 Å². The number of alkyl halides is 2. The lowest BCUT2D eigenvalue weighted by atomic mass is 9.96. The third-order valence-electron chi connectivity index (χ3n) is 5.59. The molecule has 3 heterocycles. The van der Waals surface area contributed by atoms with Gasteiger partial charge in [0.05, 0.1) is 35.4 Å². The Morgan fingerprint density at radius 3 is 2.76 bits per heavy atom. The maximum absolute atomic E-state index is 13.1. The van der Waals surface area contributed by atoms with Crippen LogP contribution in [0.3, 0.4) is 0 Å². The molecule has 0 aliphatic carbocycles. The molecule has 1 amide bonds. The van der Waals surface area contributed by atoms with Gasteiger partial charge in [-0.2, -0.15) is 5.10 Å². The predicted octanol–water partition coefficient (Wildman–Crippen LogP) is 5.54. The Hall–Kier alpha value is -3.07. The second-order valence-electron chi connectivity index (χ2n) is 9.15. The Bertz CT molecular complexity index is 1150. The highest BCUT2D eigenvalue weighted by Gasteiger charge is 2.29. The average Bonchev–Trinajstić information content (AvgIpc) is 3.15. The zero-order valence-corrected chi connectivity index (χ0v) is 19.1. The molecule has 7 nitrogen and oxygen atoms in total. The molecule has 1 aromatic carbocycles. The van der Waals surface area contributed by atoms with Crippen molar-refractivity contribution in [2.75, 3.05) is 11.9 Å². The van der Waals surface area contributed by atoms with Gasteiger partial charge in [0.15, 0.2) is 0 Å². The molecule has 0 spiro atoms. The molecule has 176 valence electrons. The zero-order valence-electron chi connectivity index (χ0n) is 19.1. The number of rotatable bonds is 6. The van der Waals surface area contributed by atoms with Crippen LogP contribution >= 0.6 is 0 Å². The van der Waals surface area contributed by atoms with Gasteiger partial charge in [0.2, 0.25) is 0 Å². The lowest BCUT2D eigenvalue weighted by molar-refractivity contribution is -0.0745. The molecule has 1 aliphatic heterocycles. The van der Waals surface area contributed by atoms with Crippen LogP contribution in [0.15, 0.2) is 36.5 Å². The molecular formula is C24H28F2N4O3. The summed E-state index contributed by atoms with van der Waals surface area (Å²) in [5.74, 6) is -0.0840. The summed E-state index contributed by atoms with van der Waals surface area (Å²) in [4.78, 5) is 16.9. The number of amides is 1. The molecule has 1 atom stereocenters. The van der Waals surface area contributed by atoms with Crippen molar-refractivity contribution in [1.29, 1.82) is 0 Å². The summed E-state index contributed by atoms with van der Waals surface area (Å²) in [6, 6.07) is 7.65. The quantitative estimate of drug-likeness (QED) is 0.525. The number of anilines is 1. The standard InChI is InChI=1S/C24H28F2N4O3/c1-14(2)33-20-11-19-15(12-30(29-19)16-8-9-24(3,4)32-13-16)10-17(20)23(31)28-21-7-5-6-18(27-21)22(25)26/h5-7,10-12,14,16,22H,8-9,13H2,1-4H3,(H,27,28,31). The molecule has 1 unspecified atom stereocenters. The van der Waals surface area contributed by atoms with Gasteiger partial charge < -0.3 is 14.8 Å². The Morgan fingerprint density at radius 1 is 1.30 bits per heavy atom. The number of pyridine rings is 1. The van der Waals surface area contributed by atoms with Gasteiger partial charge in [0.1, 0.15) is 17.3 Å². The molecular weight excluding hydrogens is 430 g/mol. The van der Waals surface area contributed by atoms with Crippen LogP contribution in [0, 0.1) is 0 Å². The van der Waals surface area contributed by atoms with E-state index in [1.54, 1.807) is 12.1 Å². The van der Waals surface area contributed by atoms with Crippen LogP contribution in [-0.2, 0) is 4.74 Å². The van der Waals surface area contributed by atoms with Crippen LogP contribution < -0.4 is 10.1 Å². The van der Waals surface area contributed by atoms with Gasteiger partial charge >= 0.3 is 0 Å². The minimum atomic E-state index is -2.72. The van der Waals surface area contributed by atoms with Gasteiger partial charge in [0, 0.05) is 17.6 Å². The summed E-state index contributed by atoms with van der Waals surface area (Å²) in [6.45, 7) is 8.44. The fraction of sp³-hybridized carbons (Fsp3) is 0.458. The summed E-state index contributed by atoms with van der Waals surface area (Å²) in [7, 11) is 0. The number of ether oxygens (including phenoxy) is 2. The third-order valence-corrected chi connectivity index (χ3v) is 5.59. The topological polar surface area (TPSA) is 78.3 Å². The largest absolute Gasteiger partial charge is 0.490 e. The number of benzene rings is 1. The maximum Gasteiger partial charge on any atom is 0.280 e. The molecule has 0 radical (unpaired) electrons. The van der Waals surface area contributed by atoms with E-state index < -0.39 is 18.0 Å². The van der Waals surface area contributed by atoms with Crippen molar-refractivity contribution < 1.29 is 23.0 Å². The highest BCUT2D eigenvalue weighted by Crippen LogP contribution is 2.32. The zero-order chi connectivity index (χ0) is 23.8. The monoisotopic (exact) mass is 458 g/mol. The fourth-order valence-corrected chi connectivity index (χ4v) is 3.81. The molecule has 4 rings (SSSR count). The smallest absolute Gasteiger partial charge is 0.280 e. The van der Waals surface area contributed by atoms with E-state index in [0.717, 1.165) is 18.2 Å². The normalized spacial score (nSPS) is 18.1. The average molecular weight is 459 g/mol. The van der Waals surface area contributed by atoms with Crippen LogP contribution in [0.2, 0.25) is 0 Å². The number of carbonyl (C=O) groups is 1. The van der Waals surface area contributed by atoms with E-state index >= 15 is 0 Å². The van der Waals surface area contributed by atoms with Crippen LogP contribution in [0.5, 0.6) is 5.75 Å². The van der Waals surface area contributed by atoms with E-state index in [-0.39, 0.29) is 29.1 Å². The van der Waals surface area contributed by atoms with E-state index in [2.05, 4.69) is 24.1 Å². The molecule has 0 bridgehead atoms. The number of aromatic nitrogens is 3. The summed E-state index contributed by atoms with van der Waals surface area (Å²) >= 11 is 0. The number of halogens is 2. The van der Waals surface area contributed by atoms with E-state index in [9.17, 15) is 13.6 Å². The Morgan fingerprint density at radius 2 is 2.09 bits per heavy atom. The molecule has 33 heavy (non-hydrogen) atoms. The van der Waals surface area contributed by atoms with Crippen molar-refractivity contribution in [3.63, 3.8) is 0 Å². The van der Waals surface area contributed by atoms with Gasteiger partial charge in [-0.05, 0) is 58.7 Å². The lowest BCUT2D eigenvalue weighted by Gasteiger charge is -2.34. The highest BCUT2D eigenvalue weighted by atomic mass is 19.3. The summed E-state index contributed by atoms with van der Waals surface area (Å²) < 4.78 is 39.7.